The first-order valence-electron chi connectivity index (χ1n) is 38.0. The molecule has 12 aromatic rings. The highest BCUT2D eigenvalue weighted by Gasteiger charge is 2.27. The van der Waals surface area contributed by atoms with Gasteiger partial charge in [-0.05, 0) is 292 Å². The topological polar surface area (TPSA) is 18.0 Å². The number of hydrogen-bond donors (Lipinski definition) is 0. The van der Waals surface area contributed by atoms with E-state index in [0.717, 1.165) is 17.1 Å². The molecule has 4 heteroatoms. The molecule has 0 atom stereocenters. The molecule has 0 amide bonds. The normalized spacial score (nSPS) is 19.0. The molecule has 0 radical (unpaired) electrons. The van der Waals surface area contributed by atoms with Crippen LogP contribution in [0.2, 0.25) is 0 Å². The largest absolute Gasteiger partial charge is 0.310 e. The molecule has 94 heavy (non-hydrogen) atoms. The van der Waals surface area contributed by atoms with Gasteiger partial charge < -0.3 is 18.6 Å². The highest BCUT2D eigenvalue weighted by atomic mass is 15.1. The van der Waals surface area contributed by atoms with Crippen LogP contribution in [0.4, 0.5) is 17.1 Å². The lowest BCUT2D eigenvalue weighted by Gasteiger charge is -2.26. The van der Waals surface area contributed by atoms with Crippen LogP contribution in [-0.4, -0.2) is 13.7 Å². The first kappa shape index (κ1) is 58.7. The zero-order valence-electron chi connectivity index (χ0n) is 55.8. The van der Waals surface area contributed by atoms with Crippen molar-refractivity contribution >= 4 is 82.5 Å². The molecular weight excluding hydrogens is 1140 g/mol. The molecule has 18 rings (SSSR count). The molecule has 9 aromatic carbocycles. The number of hydrogen-bond acceptors (Lipinski definition) is 1. The number of rotatable bonds is 12. The molecule has 3 aromatic heterocycles. The summed E-state index contributed by atoms with van der Waals surface area (Å²) in [5, 5.41) is 8.48. The van der Waals surface area contributed by atoms with Gasteiger partial charge in [0.15, 0.2) is 0 Å². The number of aromatic nitrogens is 3. The zero-order chi connectivity index (χ0) is 62.1. The summed E-state index contributed by atoms with van der Waals surface area (Å²) < 4.78 is 7.71. The highest BCUT2D eigenvalue weighted by Crippen LogP contribution is 2.47. The van der Waals surface area contributed by atoms with Gasteiger partial charge in [0.2, 0.25) is 0 Å². The summed E-state index contributed by atoms with van der Waals surface area (Å²) in [6.07, 6.45) is 40.2. The van der Waals surface area contributed by atoms with Gasteiger partial charge >= 0.3 is 0 Å². The summed E-state index contributed by atoms with van der Waals surface area (Å²) in [5.41, 5.74) is 24.2. The van der Waals surface area contributed by atoms with E-state index in [-0.39, 0.29) is 0 Å². The Kier molecular flexibility index (Phi) is 15.9. The third-order valence-electron chi connectivity index (χ3n) is 25.0. The van der Waals surface area contributed by atoms with Gasteiger partial charge in [0.05, 0.1) is 33.1 Å². The molecule has 6 saturated carbocycles. The average Bonchev–Trinajstić information content (AvgIpc) is 1.60. The Balaban J connectivity index is 0.758. The SMILES string of the molecule is c1cc2c(cc1C1CCCCC1)c1cc(C3CCCCC3)ccc1n2-c1ccc(N(c2ccc(-n3c4ccc(C5CCCCC5)cc4c4cc(C5CCCCC5)ccc43)cc2)c2ccc(-n3c4ccc(C5CCCCC5)cc4c4cc(C5CCCCC5)ccc43)cc2)cc1. The third kappa shape index (κ3) is 10.8. The highest BCUT2D eigenvalue weighted by molar-refractivity contribution is 6.12. The Morgan fingerprint density at radius 3 is 0.532 bits per heavy atom. The first-order chi connectivity index (χ1) is 46.6. The van der Waals surface area contributed by atoms with Crippen molar-refractivity contribution in [1.29, 1.82) is 0 Å². The Hall–Kier alpha value is -7.82. The van der Waals surface area contributed by atoms with Crippen LogP contribution in [-0.2, 0) is 0 Å². The van der Waals surface area contributed by atoms with Gasteiger partial charge in [-0.2, -0.15) is 0 Å². The zero-order valence-corrected chi connectivity index (χ0v) is 55.8. The Bertz CT molecular complexity index is 4000. The van der Waals surface area contributed by atoms with Gasteiger partial charge in [-0.25, -0.2) is 0 Å². The van der Waals surface area contributed by atoms with Gasteiger partial charge in [-0.15, -0.1) is 0 Å². The van der Waals surface area contributed by atoms with E-state index in [1.165, 1.54) is 308 Å². The number of nitrogens with zero attached hydrogens (tertiary/aromatic N) is 4. The predicted molar refractivity (Wildman–Crippen MR) is 399 cm³/mol. The molecular formula is C90H96N4. The van der Waals surface area contributed by atoms with Crippen molar-refractivity contribution in [2.24, 2.45) is 0 Å². The fraction of sp³-hybridized carbons (Fsp3) is 0.400. The van der Waals surface area contributed by atoms with Crippen LogP contribution in [0.3, 0.4) is 0 Å². The molecule has 0 unspecified atom stereocenters. The summed E-state index contributed by atoms with van der Waals surface area (Å²) in [5.74, 6) is 3.96. The minimum absolute atomic E-state index is 0.659. The lowest BCUT2D eigenvalue weighted by molar-refractivity contribution is 0.444. The summed E-state index contributed by atoms with van der Waals surface area (Å²) in [6, 6.07) is 74.0. The van der Waals surface area contributed by atoms with E-state index < -0.39 is 0 Å². The van der Waals surface area contributed by atoms with Crippen LogP contribution >= 0.6 is 0 Å². The van der Waals surface area contributed by atoms with E-state index in [2.05, 4.69) is 201 Å². The van der Waals surface area contributed by atoms with Crippen LogP contribution in [0.5, 0.6) is 0 Å². The van der Waals surface area contributed by atoms with Crippen LogP contribution in [0.1, 0.15) is 262 Å². The second-order valence-electron chi connectivity index (χ2n) is 30.6. The molecule has 4 nitrogen and oxygen atoms in total. The third-order valence-corrected chi connectivity index (χ3v) is 25.0. The predicted octanol–water partition coefficient (Wildman–Crippen LogP) is 26.7. The maximum absolute atomic E-state index is 2.60. The second-order valence-corrected chi connectivity index (χ2v) is 30.6. The summed E-state index contributed by atoms with van der Waals surface area (Å²) in [6.45, 7) is 0. The molecule has 6 fully saturated rings. The molecule has 6 aliphatic carbocycles. The van der Waals surface area contributed by atoms with E-state index >= 15 is 0 Å². The van der Waals surface area contributed by atoms with E-state index in [4.69, 9.17) is 0 Å². The minimum atomic E-state index is 0.659. The van der Waals surface area contributed by atoms with Crippen molar-refractivity contribution in [3.63, 3.8) is 0 Å². The number of benzene rings is 9. The average molecular weight is 1230 g/mol. The molecule has 0 N–H and O–H groups in total. The standard InChI is InChI=1S/C90H96N4/c1-7-19-61(20-8-1)67-31-49-85-79(55-67)80-56-68(62-21-9-2-10-22-62)32-50-86(80)92(85)76-43-37-73(38-44-76)91(74-39-45-77(46-40-74)93-87-51-33-69(63-23-11-3-12-24-63)57-81(87)82-58-70(34-52-88(82)93)64-25-13-4-14-26-64)75-41-47-78(48-42-75)94-89-53-35-71(65-27-15-5-16-28-65)59-83(89)84-60-72(36-54-90(84)94)66-29-17-6-18-30-66/h31-66H,1-30H2. The molecule has 0 saturated heterocycles. The van der Waals surface area contributed by atoms with Crippen molar-refractivity contribution in [3.05, 3.63) is 215 Å². The molecule has 6 aliphatic rings. The molecule has 0 spiro atoms. The van der Waals surface area contributed by atoms with Gasteiger partial charge in [0.25, 0.3) is 0 Å². The fourth-order valence-electron chi connectivity index (χ4n) is 19.8. The van der Waals surface area contributed by atoms with Crippen molar-refractivity contribution in [2.75, 3.05) is 4.90 Å². The summed E-state index contributed by atoms with van der Waals surface area (Å²) >= 11 is 0. The molecule has 0 aliphatic heterocycles. The smallest absolute Gasteiger partial charge is 0.0541 e. The van der Waals surface area contributed by atoms with Crippen LogP contribution < -0.4 is 4.90 Å². The van der Waals surface area contributed by atoms with Crippen molar-refractivity contribution < 1.29 is 0 Å². The maximum Gasteiger partial charge on any atom is 0.0541 e. The minimum Gasteiger partial charge on any atom is -0.310 e. The Morgan fingerprint density at radius 1 is 0.191 bits per heavy atom. The molecule has 476 valence electrons. The molecule has 3 heterocycles. The first-order valence-corrected chi connectivity index (χ1v) is 38.0. The summed E-state index contributed by atoms with van der Waals surface area (Å²) in [7, 11) is 0. The number of anilines is 3. The lowest BCUT2D eigenvalue weighted by atomic mass is 9.83. The van der Waals surface area contributed by atoms with Crippen molar-refractivity contribution in [2.45, 2.75) is 228 Å². The van der Waals surface area contributed by atoms with Crippen molar-refractivity contribution in [1.82, 2.24) is 13.7 Å². The Labute approximate surface area is 558 Å². The van der Waals surface area contributed by atoms with Gasteiger partial charge in [-0.1, -0.05) is 152 Å². The van der Waals surface area contributed by atoms with Crippen molar-refractivity contribution in [3.8, 4) is 17.1 Å². The van der Waals surface area contributed by atoms with Crippen LogP contribution in [0.15, 0.2) is 182 Å². The van der Waals surface area contributed by atoms with Gasteiger partial charge in [0, 0.05) is 66.4 Å². The van der Waals surface area contributed by atoms with E-state index in [9.17, 15) is 0 Å². The second kappa shape index (κ2) is 25.4. The Morgan fingerprint density at radius 2 is 0.362 bits per heavy atom. The van der Waals surface area contributed by atoms with E-state index in [1.807, 2.05) is 0 Å². The van der Waals surface area contributed by atoms with E-state index in [0.29, 0.717) is 35.5 Å². The monoisotopic (exact) mass is 1230 g/mol. The maximum atomic E-state index is 2.60. The van der Waals surface area contributed by atoms with Gasteiger partial charge in [-0.3, -0.25) is 0 Å². The van der Waals surface area contributed by atoms with Crippen LogP contribution in [0.25, 0.3) is 82.5 Å². The fourth-order valence-corrected chi connectivity index (χ4v) is 19.8. The lowest BCUT2D eigenvalue weighted by Crippen LogP contribution is -2.10. The van der Waals surface area contributed by atoms with E-state index in [1.54, 1.807) is 0 Å². The van der Waals surface area contributed by atoms with Gasteiger partial charge in [0.1, 0.15) is 0 Å². The quantitative estimate of drug-likeness (QED) is 0.119. The summed E-state index contributed by atoms with van der Waals surface area (Å²) in [4.78, 5) is 2.51. The van der Waals surface area contributed by atoms with Crippen LogP contribution in [0, 0.1) is 0 Å². The molecule has 0 bridgehead atoms. The number of fused-ring (bicyclic) bond motifs is 9.